The summed E-state index contributed by atoms with van der Waals surface area (Å²) in [6.45, 7) is 2.68. The van der Waals surface area contributed by atoms with Gasteiger partial charge in [0.25, 0.3) is 5.91 Å². The first kappa shape index (κ1) is 14.6. The molecule has 4 heteroatoms. The molecular formula is C16H19NO3. The van der Waals surface area contributed by atoms with E-state index in [1.165, 1.54) is 0 Å². The third-order valence-corrected chi connectivity index (χ3v) is 3.19. The largest absolute Gasteiger partial charge is 0.395 e. The summed E-state index contributed by atoms with van der Waals surface area (Å²) in [7, 11) is 0. The van der Waals surface area contributed by atoms with Crippen LogP contribution in [0.4, 0.5) is 5.69 Å². The fraction of sp³-hybridized carbons (Fsp3) is 0.438. The summed E-state index contributed by atoms with van der Waals surface area (Å²) in [6, 6.07) is 5.64. The molecule has 1 unspecified atom stereocenters. The monoisotopic (exact) mass is 273 g/mol. The summed E-state index contributed by atoms with van der Waals surface area (Å²) in [5.74, 6) is 5.80. The van der Waals surface area contributed by atoms with E-state index in [-0.39, 0.29) is 18.6 Å². The van der Waals surface area contributed by atoms with Crippen LogP contribution in [-0.2, 0) is 9.53 Å². The van der Waals surface area contributed by atoms with Gasteiger partial charge in [-0.2, -0.15) is 0 Å². The molecule has 1 aliphatic heterocycles. The number of anilines is 1. The lowest BCUT2D eigenvalue weighted by molar-refractivity contribution is -0.124. The number of carbonyl (C=O) groups is 1. The average Bonchev–Trinajstić information content (AvgIpc) is 2.96. The highest BCUT2D eigenvalue weighted by atomic mass is 16.5. The summed E-state index contributed by atoms with van der Waals surface area (Å²) in [5.41, 5.74) is 2.64. The second kappa shape index (κ2) is 7.09. The Hall–Kier alpha value is -1.83. The first-order chi connectivity index (χ1) is 9.70. The molecule has 1 aromatic rings. The lowest BCUT2D eigenvalue weighted by Gasteiger charge is -2.11. The van der Waals surface area contributed by atoms with Gasteiger partial charge in [0.1, 0.15) is 6.10 Å². The first-order valence-electron chi connectivity index (χ1n) is 6.83. The number of hydrogen-bond donors (Lipinski definition) is 2. The molecule has 0 aromatic heterocycles. The zero-order chi connectivity index (χ0) is 14.4. The standard InChI is InChI=1S/C16H19NO3/c1-12-7-8-14(11-13(12)5-2-3-9-18)17-16(19)15-6-4-10-20-15/h7-8,11,15,18H,3-4,6,9-10H2,1H3,(H,17,19). The van der Waals surface area contributed by atoms with E-state index in [1.807, 2.05) is 25.1 Å². The molecule has 1 aliphatic rings. The second-order valence-corrected chi connectivity index (χ2v) is 4.80. The van der Waals surface area contributed by atoms with Gasteiger partial charge in [-0.1, -0.05) is 17.9 Å². The van der Waals surface area contributed by atoms with E-state index in [4.69, 9.17) is 9.84 Å². The number of hydrogen-bond acceptors (Lipinski definition) is 3. The van der Waals surface area contributed by atoms with E-state index in [1.54, 1.807) is 0 Å². The summed E-state index contributed by atoms with van der Waals surface area (Å²) >= 11 is 0. The molecule has 1 heterocycles. The fourth-order valence-corrected chi connectivity index (χ4v) is 2.06. The quantitative estimate of drug-likeness (QED) is 0.826. The normalized spacial score (nSPS) is 17.4. The van der Waals surface area contributed by atoms with Gasteiger partial charge in [-0.15, -0.1) is 0 Å². The summed E-state index contributed by atoms with van der Waals surface area (Å²) in [5, 5.41) is 11.6. The Morgan fingerprint density at radius 1 is 1.55 bits per heavy atom. The lowest BCUT2D eigenvalue weighted by atomic mass is 10.1. The van der Waals surface area contributed by atoms with E-state index in [0.29, 0.717) is 13.0 Å². The molecule has 106 valence electrons. The van der Waals surface area contributed by atoms with Crippen LogP contribution in [0, 0.1) is 18.8 Å². The van der Waals surface area contributed by atoms with Gasteiger partial charge in [-0.25, -0.2) is 0 Å². The molecule has 0 aliphatic carbocycles. The zero-order valence-corrected chi connectivity index (χ0v) is 11.6. The molecule has 1 saturated heterocycles. The lowest BCUT2D eigenvalue weighted by Crippen LogP contribution is -2.26. The number of amides is 1. The minimum Gasteiger partial charge on any atom is -0.395 e. The molecule has 2 rings (SSSR count). The van der Waals surface area contributed by atoms with Crippen LogP contribution in [0.1, 0.15) is 30.4 Å². The van der Waals surface area contributed by atoms with Crippen molar-refractivity contribution in [1.82, 2.24) is 0 Å². The Labute approximate surface area is 119 Å². The molecule has 0 saturated carbocycles. The molecule has 0 bridgehead atoms. The maximum Gasteiger partial charge on any atom is 0.253 e. The minimum absolute atomic E-state index is 0.0570. The maximum absolute atomic E-state index is 12.0. The predicted molar refractivity (Wildman–Crippen MR) is 77.4 cm³/mol. The van der Waals surface area contributed by atoms with Crippen LogP contribution in [0.2, 0.25) is 0 Å². The smallest absolute Gasteiger partial charge is 0.253 e. The molecular weight excluding hydrogens is 254 g/mol. The van der Waals surface area contributed by atoms with Crippen molar-refractivity contribution in [2.45, 2.75) is 32.3 Å². The third kappa shape index (κ3) is 3.83. The number of ether oxygens (including phenoxy) is 1. The highest BCUT2D eigenvalue weighted by Crippen LogP contribution is 2.18. The highest BCUT2D eigenvalue weighted by molar-refractivity contribution is 5.94. The van der Waals surface area contributed by atoms with E-state index in [0.717, 1.165) is 29.7 Å². The number of aliphatic hydroxyl groups excluding tert-OH is 1. The first-order valence-corrected chi connectivity index (χ1v) is 6.83. The number of aryl methyl sites for hydroxylation is 1. The Balaban J connectivity index is 2.07. The highest BCUT2D eigenvalue weighted by Gasteiger charge is 2.23. The van der Waals surface area contributed by atoms with Gasteiger partial charge < -0.3 is 15.2 Å². The number of nitrogens with one attached hydrogen (secondary N) is 1. The number of aliphatic hydroxyl groups is 1. The molecule has 0 spiro atoms. The summed E-state index contributed by atoms with van der Waals surface area (Å²) < 4.78 is 5.35. The molecule has 0 radical (unpaired) electrons. The van der Waals surface area contributed by atoms with Crippen LogP contribution in [0.3, 0.4) is 0 Å². The van der Waals surface area contributed by atoms with Crippen LogP contribution >= 0.6 is 0 Å². The van der Waals surface area contributed by atoms with Crippen LogP contribution in [0.15, 0.2) is 18.2 Å². The van der Waals surface area contributed by atoms with Gasteiger partial charge in [-0.05, 0) is 37.5 Å². The summed E-state index contributed by atoms with van der Waals surface area (Å²) in [4.78, 5) is 12.0. The van der Waals surface area contributed by atoms with Crippen LogP contribution in [0.25, 0.3) is 0 Å². The van der Waals surface area contributed by atoms with Crippen LogP contribution in [-0.4, -0.2) is 30.3 Å². The Kier molecular flexibility index (Phi) is 5.16. The van der Waals surface area contributed by atoms with E-state index in [9.17, 15) is 4.79 Å². The van der Waals surface area contributed by atoms with Gasteiger partial charge in [-0.3, -0.25) is 4.79 Å². The van der Waals surface area contributed by atoms with Gasteiger partial charge in [0.2, 0.25) is 0 Å². The molecule has 1 aromatic carbocycles. The Morgan fingerprint density at radius 3 is 3.10 bits per heavy atom. The molecule has 1 amide bonds. The van der Waals surface area contributed by atoms with Crippen molar-refractivity contribution in [1.29, 1.82) is 0 Å². The number of carbonyl (C=O) groups excluding carboxylic acids is 1. The van der Waals surface area contributed by atoms with Crippen molar-refractivity contribution >= 4 is 11.6 Å². The Morgan fingerprint density at radius 2 is 2.40 bits per heavy atom. The third-order valence-electron chi connectivity index (χ3n) is 3.19. The van der Waals surface area contributed by atoms with E-state index < -0.39 is 0 Å². The topological polar surface area (TPSA) is 58.6 Å². The maximum atomic E-state index is 12.0. The molecule has 1 atom stereocenters. The predicted octanol–water partition coefficient (Wildman–Crippen LogP) is 1.85. The average molecular weight is 273 g/mol. The molecule has 20 heavy (non-hydrogen) atoms. The van der Waals surface area contributed by atoms with Crippen molar-refractivity contribution in [3.63, 3.8) is 0 Å². The van der Waals surface area contributed by atoms with Gasteiger partial charge >= 0.3 is 0 Å². The van der Waals surface area contributed by atoms with Crippen molar-refractivity contribution in [2.24, 2.45) is 0 Å². The van der Waals surface area contributed by atoms with E-state index >= 15 is 0 Å². The molecule has 1 fully saturated rings. The zero-order valence-electron chi connectivity index (χ0n) is 11.6. The summed E-state index contributed by atoms with van der Waals surface area (Å²) in [6.07, 6.45) is 1.83. The van der Waals surface area contributed by atoms with Crippen LogP contribution < -0.4 is 5.32 Å². The van der Waals surface area contributed by atoms with Crippen molar-refractivity contribution in [3.05, 3.63) is 29.3 Å². The van der Waals surface area contributed by atoms with Crippen molar-refractivity contribution < 1.29 is 14.6 Å². The van der Waals surface area contributed by atoms with Gasteiger partial charge in [0, 0.05) is 24.3 Å². The van der Waals surface area contributed by atoms with Gasteiger partial charge in [0.05, 0.1) is 6.61 Å². The minimum atomic E-state index is -0.333. The number of benzene rings is 1. The number of rotatable bonds is 3. The molecule has 4 nitrogen and oxygen atoms in total. The van der Waals surface area contributed by atoms with E-state index in [2.05, 4.69) is 17.2 Å². The van der Waals surface area contributed by atoms with Crippen LogP contribution in [0.5, 0.6) is 0 Å². The van der Waals surface area contributed by atoms with Crippen molar-refractivity contribution in [3.8, 4) is 11.8 Å². The SMILES string of the molecule is Cc1ccc(NC(=O)C2CCCO2)cc1C#CCCO. The molecule has 2 N–H and O–H groups in total. The van der Waals surface area contributed by atoms with Gasteiger partial charge in [0.15, 0.2) is 0 Å². The Bertz CT molecular complexity index is 536. The fourth-order valence-electron chi connectivity index (χ4n) is 2.06. The second-order valence-electron chi connectivity index (χ2n) is 4.80. The van der Waals surface area contributed by atoms with Crippen molar-refractivity contribution in [2.75, 3.05) is 18.5 Å².